The fourth-order valence-electron chi connectivity index (χ4n) is 1.19. The van der Waals surface area contributed by atoms with E-state index >= 15 is 0 Å². The third-order valence-electron chi connectivity index (χ3n) is 1.87. The van der Waals surface area contributed by atoms with Gasteiger partial charge in [0.1, 0.15) is 0 Å². The molecule has 2 nitrogen and oxygen atoms in total. The van der Waals surface area contributed by atoms with Gasteiger partial charge in [-0.15, -0.1) is 0 Å². The SMILES string of the molecule is CC(N)c1cccc(F)c1OCC(F)(F)F. The first-order valence-corrected chi connectivity index (χ1v) is 4.55. The lowest BCUT2D eigenvalue weighted by atomic mass is 10.1. The van der Waals surface area contributed by atoms with E-state index in [2.05, 4.69) is 4.74 Å². The Morgan fingerprint density at radius 3 is 2.50 bits per heavy atom. The van der Waals surface area contributed by atoms with Crippen LogP contribution in [-0.2, 0) is 0 Å². The quantitative estimate of drug-likeness (QED) is 0.820. The highest BCUT2D eigenvalue weighted by atomic mass is 19.4. The lowest BCUT2D eigenvalue weighted by Gasteiger charge is -2.15. The first kappa shape index (κ1) is 12.8. The Balaban J connectivity index is 2.93. The summed E-state index contributed by atoms with van der Waals surface area (Å²) in [5.41, 5.74) is 5.71. The molecule has 1 unspecified atom stereocenters. The topological polar surface area (TPSA) is 35.2 Å². The molecule has 0 aliphatic heterocycles. The molecule has 90 valence electrons. The molecule has 0 saturated carbocycles. The van der Waals surface area contributed by atoms with Crippen molar-refractivity contribution in [2.75, 3.05) is 6.61 Å². The molecule has 1 aromatic rings. The molecule has 16 heavy (non-hydrogen) atoms. The van der Waals surface area contributed by atoms with Crippen LogP contribution in [0.3, 0.4) is 0 Å². The molecule has 6 heteroatoms. The van der Waals surface area contributed by atoms with Gasteiger partial charge in [0.15, 0.2) is 18.2 Å². The van der Waals surface area contributed by atoms with Crippen LogP contribution in [0.1, 0.15) is 18.5 Å². The van der Waals surface area contributed by atoms with Crippen molar-refractivity contribution in [1.82, 2.24) is 0 Å². The largest absolute Gasteiger partial charge is 0.481 e. The summed E-state index contributed by atoms with van der Waals surface area (Å²) in [6.45, 7) is 0.00285. The summed E-state index contributed by atoms with van der Waals surface area (Å²) in [4.78, 5) is 0. The summed E-state index contributed by atoms with van der Waals surface area (Å²) in [5, 5.41) is 0. The van der Waals surface area contributed by atoms with Gasteiger partial charge in [0.25, 0.3) is 0 Å². The molecule has 1 atom stereocenters. The molecule has 0 saturated heterocycles. The van der Waals surface area contributed by atoms with Crippen LogP contribution in [0.25, 0.3) is 0 Å². The number of alkyl halides is 3. The van der Waals surface area contributed by atoms with Crippen molar-refractivity contribution in [2.45, 2.75) is 19.1 Å². The first-order chi connectivity index (χ1) is 7.31. The first-order valence-electron chi connectivity index (χ1n) is 4.55. The molecule has 1 rings (SSSR count). The number of hydrogen-bond acceptors (Lipinski definition) is 2. The number of hydrogen-bond donors (Lipinski definition) is 1. The van der Waals surface area contributed by atoms with Crippen LogP contribution in [0.5, 0.6) is 5.75 Å². The van der Waals surface area contributed by atoms with Gasteiger partial charge in [0.05, 0.1) is 0 Å². The van der Waals surface area contributed by atoms with Crippen molar-refractivity contribution in [1.29, 1.82) is 0 Å². The second-order valence-corrected chi connectivity index (χ2v) is 3.35. The minimum absolute atomic E-state index is 0.212. The average Bonchev–Trinajstić information content (AvgIpc) is 2.13. The van der Waals surface area contributed by atoms with Gasteiger partial charge in [-0.2, -0.15) is 13.2 Å². The molecular weight excluding hydrogens is 226 g/mol. The smallest absolute Gasteiger partial charge is 0.422 e. The van der Waals surface area contributed by atoms with Gasteiger partial charge < -0.3 is 10.5 Å². The van der Waals surface area contributed by atoms with Gasteiger partial charge in [-0.05, 0) is 13.0 Å². The summed E-state index contributed by atoms with van der Waals surface area (Å²) >= 11 is 0. The molecule has 0 radical (unpaired) electrons. The van der Waals surface area contributed by atoms with Gasteiger partial charge in [-0.3, -0.25) is 0 Å². The van der Waals surface area contributed by atoms with Crippen molar-refractivity contribution in [3.63, 3.8) is 0 Å². The summed E-state index contributed by atoms with van der Waals surface area (Å²) < 4.78 is 53.4. The number of para-hydroxylation sites is 1. The molecule has 0 fully saturated rings. The van der Waals surface area contributed by atoms with Gasteiger partial charge in [-0.25, -0.2) is 4.39 Å². The Labute approximate surface area is 90.0 Å². The van der Waals surface area contributed by atoms with Crippen LogP contribution >= 0.6 is 0 Å². The zero-order valence-corrected chi connectivity index (χ0v) is 8.51. The number of benzene rings is 1. The highest BCUT2D eigenvalue weighted by molar-refractivity contribution is 5.36. The van der Waals surface area contributed by atoms with E-state index in [-0.39, 0.29) is 5.56 Å². The number of ether oxygens (including phenoxy) is 1. The van der Waals surface area contributed by atoms with Crippen molar-refractivity contribution < 1.29 is 22.3 Å². The molecule has 1 aromatic carbocycles. The molecule has 0 spiro atoms. The van der Waals surface area contributed by atoms with E-state index in [1.54, 1.807) is 0 Å². The molecule has 0 aromatic heterocycles. The third-order valence-corrected chi connectivity index (χ3v) is 1.87. The third kappa shape index (κ3) is 3.37. The Hall–Kier alpha value is -1.30. The Morgan fingerprint density at radius 1 is 1.38 bits per heavy atom. The fourth-order valence-corrected chi connectivity index (χ4v) is 1.19. The van der Waals surface area contributed by atoms with E-state index < -0.39 is 30.4 Å². The fraction of sp³-hybridized carbons (Fsp3) is 0.400. The number of halogens is 4. The van der Waals surface area contributed by atoms with E-state index in [0.717, 1.165) is 6.07 Å². The standard InChI is InChI=1S/C10H11F4NO/c1-6(15)7-3-2-4-8(11)9(7)16-5-10(12,13)14/h2-4,6H,5,15H2,1H3. The van der Waals surface area contributed by atoms with Crippen LogP contribution in [0.4, 0.5) is 17.6 Å². The zero-order chi connectivity index (χ0) is 12.3. The molecule has 0 bridgehead atoms. The van der Waals surface area contributed by atoms with Crippen molar-refractivity contribution >= 4 is 0 Å². The Kier molecular flexibility index (Phi) is 3.74. The zero-order valence-electron chi connectivity index (χ0n) is 8.51. The van der Waals surface area contributed by atoms with Gasteiger partial charge >= 0.3 is 6.18 Å². The summed E-state index contributed by atoms with van der Waals surface area (Å²) in [5.74, 6) is -1.28. The molecule has 0 aliphatic carbocycles. The predicted molar refractivity (Wildman–Crippen MR) is 50.6 cm³/mol. The van der Waals surface area contributed by atoms with Gasteiger partial charge in [-0.1, -0.05) is 12.1 Å². The number of rotatable bonds is 3. The van der Waals surface area contributed by atoms with Crippen molar-refractivity contribution in [2.24, 2.45) is 5.73 Å². The monoisotopic (exact) mass is 237 g/mol. The van der Waals surface area contributed by atoms with Crippen LogP contribution in [0.2, 0.25) is 0 Å². The van der Waals surface area contributed by atoms with Crippen molar-refractivity contribution in [3.8, 4) is 5.75 Å². The Morgan fingerprint density at radius 2 is 2.00 bits per heavy atom. The summed E-state index contributed by atoms with van der Waals surface area (Å²) in [6, 6.07) is 3.23. The second-order valence-electron chi connectivity index (χ2n) is 3.35. The van der Waals surface area contributed by atoms with Gasteiger partial charge in [0, 0.05) is 11.6 Å². The van der Waals surface area contributed by atoms with Crippen LogP contribution in [0.15, 0.2) is 18.2 Å². The normalized spacial score (nSPS) is 13.6. The van der Waals surface area contributed by atoms with E-state index in [9.17, 15) is 17.6 Å². The molecule has 2 N–H and O–H groups in total. The lowest BCUT2D eigenvalue weighted by molar-refractivity contribution is -0.154. The summed E-state index contributed by atoms with van der Waals surface area (Å²) in [6.07, 6.45) is -4.50. The maximum atomic E-state index is 13.2. The molecular formula is C10H11F4NO. The van der Waals surface area contributed by atoms with Crippen LogP contribution < -0.4 is 10.5 Å². The minimum atomic E-state index is -4.50. The van der Waals surface area contributed by atoms with E-state index in [0.29, 0.717) is 0 Å². The summed E-state index contributed by atoms with van der Waals surface area (Å²) in [7, 11) is 0. The highest BCUT2D eigenvalue weighted by Crippen LogP contribution is 2.28. The maximum Gasteiger partial charge on any atom is 0.422 e. The maximum absolute atomic E-state index is 13.2. The lowest BCUT2D eigenvalue weighted by Crippen LogP contribution is -2.21. The molecule has 0 heterocycles. The minimum Gasteiger partial charge on any atom is -0.481 e. The highest BCUT2D eigenvalue weighted by Gasteiger charge is 2.29. The average molecular weight is 237 g/mol. The Bertz CT molecular complexity index is 362. The number of nitrogens with two attached hydrogens (primary N) is 1. The van der Waals surface area contributed by atoms with Crippen molar-refractivity contribution in [3.05, 3.63) is 29.6 Å². The van der Waals surface area contributed by atoms with E-state index in [4.69, 9.17) is 5.73 Å². The second kappa shape index (κ2) is 4.69. The van der Waals surface area contributed by atoms with Crippen LogP contribution in [0, 0.1) is 5.82 Å². The predicted octanol–water partition coefficient (Wildman–Crippen LogP) is 2.79. The van der Waals surface area contributed by atoms with E-state index in [1.165, 1.54) is 19.1 Å². The van der Waals surface area contributed by atoms with Gasteiger partial charge in [0.2, 0.25) is 0 Å². The van der Waals surface area contributed by atoms with Crippen LogP contribution in [-0.4, -0.2) is 12.8 Å². The molecule has 0 aliphatic rings. The van der Waals surface area contributed by atoms with E-state index in [1.807, 2.05) is 0 Å². The molecule has 0 amide bonds.